The molecular weight excluding hydrogens is 264 g/mol. The predicted molar refractivity (Wildman–Crippen MR) is 84.9 cm³/mol. The topological polar surface area (TPSA) is 64.3 Å². The first-order chi connectivity index (χ1) is 9.67. The maximum atomic E-state index is 11.5. The highest BCUT2D eigenvalue weighted by Gasteiger charge is 2.61. The number of hydrogen-bond donors (Lipinski definition) is 2. The highest BCUT2D eigenvalue weighted by Crippen LogP contribution is 2.66. The fourth-order valence-electron chi connectivity index (χ4n) is 4.40. The molecule has 4 heteroatoms. The molecule has 4 unspecified atom stereocenters. The lowest BCUT2D eigenvalue weighted by Gasteiger charge is -2.39. The van der Waals surface area contributed by atoms with Crippen LogP contribution < -0.4 is 11.1 Å². The van der Waals surface area contributed by atoms with Crippen molar-refractivity contribution in [3.8, 4) is 0 Å². The van der Waals surface area contributed by atoms with Gasteiger partial charge in [0, 0.05) is 6.61 Å². The van der Waals surface area contributed by atoms with Crippen LogP contribution in [-0.4, -0.2) is 31.2 Å². The molecule has 0 aromatic heterocycles. The van der Waals surface area contributed by atoms with Crippen LogP contribution in [-0.2, 0) is 9.53 Å². The third kappa shape index (κ3) is 2.61. The molecular formula is C17H32N2O2. The minimum Gasteiger partial charge on any atom is -0.378 e. The first kappa shape index (κ1) is 16.8. The van der Waals surface area contributed by atoms with E-state index in [0.717, 1.165) is 18.8 Å². The molecule has 4 nitrogen and oxygen atoms in total. The minimum atomic E-state index is -0.624. The molecule has 0 spiro atoms. The number of primary amides is 1. The Morgan fingerprint density at radius 3 is 2.52 bits per heavy atom. The van der Waals surface area contributed by atoms with E-state index in [-0.39, 0.29) is 5.91 Å². The monoisotopic (exact) mass is 296 g/mol. The molecule has 0 aromatic rings. The van der Waals surface area contributed by atoms with E-state index in [0.29, 0.717) is 23.5 Å². The van der Waals surface area contributed by atoms with E-state index < -0.39 is 5.54 Å². The lowest BCUT2D eigenvalue weighted by atomic mass is 9.70. The van der Waals surface area contributed by atoms with Gasteiger partial charge >= 0.3 is 0 Å². The summed E-state index contributed by atoms with van der Waals surface area (Å²) >= 11 is 0. The molecule has 2 saturated carbocycles. The number of amides is 1. The molecule has 2 aliphatic carbocycles. The Morgan fingerprint density at radius 2 is 2.10 bits per heavy atom. The summed E-state index contributed by atoms with van der Waals surface area (Å²) in [6.07, 6.45) is 5.78. The average molecular weight is 296 g/mol. The third-order valence-electron chi connectivity index (χ3n) is 6.95. The average Bonchev–Trinajstić information content (AvgIpc) is 2.76. The predicted octanol–water partition coefficient (Wildman–Crippen LogP) is 2.46. The Hall–Kier alpha value is -0.610. The van der Waals surface area contributed by atoms with Crippen LogP contribution in [0.5, 0.6) is 0 Å². The molecule has 122 valence electrons. The Kier molecular flexibility index (Phi) is 4.42. The van der Waals surface area contributed by atoms with Gasteiger partial charge in [-0.15, -0.1) is 0 Å². The summed E-state index contributed by atoms with van der Waals surface area (Å²) in [6, 6.07) is 0. The SMILES string of the molecule is CNC(C)(CCCOC1CC2CCC1(C)C2(C)C)C(N)=O. The zero-order chi connectivity index (χ0) is 15.9. The number of ether oxygens (including phenoxy) is 1. The van der Waals surface area contributed by atoms with Crippen LogP contribution in [0.25, 0.3) is 0 Å². The Labute approximate surface area is 129 Å². The zero-order valence-electron chi connectivity index (χ0n) is 14.3. The normalized spacial score (nSPS) is 36.6. The van der Waals surface area contributed by atoms with Gasteiger partial charge in [-0.3, -0.25) is 4.79 Å². The second-order valence-electron chi connectivity index (χ2n) is 8.02. The first-order valence-electron chi connectivity index (χ1n) is 8.28. The van der Waals surface area contributed by atoms with Crippen molar-refractivity contribution in [3.05, 3.63) is 0 Å². The second kappa shape index (κ2) is 5.54. The van der Waals surface area contributed by atoms with Gasteiger partial charge in [0.1, 0.15) is 0 Å². The molecule has 3 N–H and O–H groups in total. The lowest BCUT2D eigenvalue weighted by Crippen LogP contribution is -2.51. The molecule has 2 bridgehead atoms. The van der Waals surface area contributed by atoms with Crippen LogP contribution in [0.2, 0.25) is 0 Å². The lowest BCUT2D eigenvalue weighted by molar-refractivity contribution is -0.124. The Morgan fingerprint density at radius 1 is 1.43 bits per heavy atom. The molecule has 4 atom stereocenters. The van der Waals surface area contributed by atoms with Crippen molar-refractivity contribution in [1.29, 1.82) is 0 Å². The van der Waals surface area contributed by atoms with Gasteiger partial charge < -0.3 is 15.8 Å². The van der Waals surface area contributed by atoms with Gasteiger partial charge in [0.25, 0.3) is 0 Å². The van der Waals surface area contributed by atoms with Gasteiger partial charge in [0.2, 0.25) is 5.91 Å². The van der Waals surface area contributed by atoms with Gasteiger partial charge in [-0.05, 0) is 62.8 Å². The summed E-state index contributed by atoms with van der Waals surface area (Å²) in [4.78, 5) is 11.5. The summed E-state index contributed by atoms with van der Waals surface area (Å²) in [5.74, 6) is 0.513. The van der Waals surface area contributed by atoms with E-state index in [1.54, 1.807) is 7.05 Å². The highest BCUT2D eigenvalue weighted by atomic mass is 16.5. The van der Waals surface area contributed by atoms with Crippen molar-refractivity contribution in [2.45, 2.75) is 71.4 Å². The fraction of sp³-hybridized carbons (Fsp3) is 0.941. The Bertz CT molecular complexity index is 410. The van der Waals surface area contributed by atoms with Crippen LogP contribution in [0.3, 0.4) is 0 Å². The van der Waals surface area contributed by atoms with E-state index in [9.17, 15) is 4.79 Å². The summed E-state index contributed by atoms with van der Waals surface area (Å²) in [5.41, 5.74) is 5.53. The van der Waals surface area contributed by atoms with Crippen molar-refractivity contribution < 1.29 is 9.53 Å². The van der Waals surface area contributed by atoms with Gasteiger partial charge in [-0.2, -0.15) is 0 Å². The van der Waals surface area contributed by atoms with Crippen LogP contribution in [0.4, 0.5) is 0 Å². The standard InChI is InChI=1S/C17H32N2O2/c1-15(2)12-7-9-16(15,3)13(11-12)21-10-6-8-17(4,19-5)14(18)20/h12-13,19H,6-11H2,1-5H3,(H2,18,20). The summed E-state index contributed by atoms with van der Waals surface area (Å²) in [7, 11) is 1.78. The fourth-order valence-corrected chi connectivity index (χ4v) is 4.40. The quantitative estimate of drug-likeness (QED) is 0.709. The molecule has 1 amide bonds. The molecule has 2 fully saturated rings. The number of nitrogens with one attached hydrogen (secondary N) is 1. The van der Waals surface area contributed by atoms with Gasteiger partial charge in [0.15, 0.2) is 0 Å². The van der Waals surface area contributed by atoms with E-state index >= 15 is 0 Å². The molecule has 0 aliphatic heterocycles. The van der Waals surface area contributed by atoms with Gasteiger partial charge in [-0.25, -0.2) is 0 Å². The molecule has 0 aromatic carbocycles. The maximum absolute atomic E-state index is 11.5. The third-order valence-corrected chi connectivity index (χ3v) is 6.95. The second-order valence-corrected chi connectivity index (χ2v) is 8.02. The van der Waals surface area contributed by atoms with Crippen molar-refractivity contribution in [1.82, 2.24) is 5.32 Å². The van der Waals surface area contributed by atoms with Gasteiger partial charge in [0.05, 0.1) is 11.6 Å². The molecule has 2 rings (SSSR count). The van der Waals surface area contributed by atoms with Crippen molar-refractivity contribution in [2.24, 2.45) is 22.5 Å². The van der Waals surface area contributed by atoms with E-state index in [1.807, 2.05) is 6.92 Å². The Balaban J connectivity index is 1.82. The number of rotatable bonds is 7. The molecule has 0 heterocycles. The number of fused-ring (bicyclic) bond motifs is 2. The van der Waals surface area contributed by atoms with Crippen LogP contribution in [0.15, 0.2) is 0 Å². The van der Waals surface area contributed by atoms with Crippen LogP contribution in [0, 0.1) is 16.7 Å². The van der Waals surface area contributed by atoms with Crippen molar-refractivity contribution in [2.75, 3.05) is 13.7 Å². The van der Waals surface area contributed by atoms with Crippen molar-refractivity contribution in [3.63, 3.8) is 0 Å². The number of carbonyl (C=O) groups excluding carboxylic acids is 1. The molecule has 2 aliphatic rings. The summed E-state index contributed by atoms with van der Waals surface area (Å²) in [6.45, 7) is 9.77. The number of nitrogens with two attached hydrogens (primary N) is 1. The smallest absolute Gasteiger partial charge is 0.237 e. The zero-order valence-corrected chi connectivity index (χ0v) is 14.3. The largest absolute Gasteiger partial charge is 0.378 e. The van der Waals surface area contributed by atoms with E-state index in [4.69, 9.17) is 10.5 Å². The number of hydrogen-bond acceptors (Lipinski definition) is 3. The van der Waals surface area contributed by atoms with Crippen molar-refractivity contribution >= 4 is 5.91 Å². The molecule has 0 radical (unpaired) electrons. The first-order valence-corrected chi connectivity index (χ1v) is 8.28. The van der Waals surface area contributed by atoms with Crippen LogP contribution >= 0.6 is 0 Å². The number of carbonyl (C=O) groups is 1. The van der Waals surface area contributed by atoms with Gasteiger partial charge in [-0.1, -0.05) is 20.8 Å². The summed E-state index contributed by atoms with van der Waals surface area (Å²) in [5, 5.41) is 3.02. The summed E-state index contributed by atoms with van der Waals surface area (Å²) < 4.78 is 6.22. The highest BCUT2D eigenvalue weighted by molar-refractivity contribution is 5.84. The van der Waals surface area contributed by atoms with E-state index in [2.05, 4.69) is 26.1 Å². The maximum Gasteiger partial charge on any atom is 0.237 e. The number of likely N-dealkylation sites (N-methyl/N-ethyl adjacent to an activating group) is 1. The minimum absolute atomic E-state index is 0.294. The van der Waals surface area contributed by atoms with Crippen LogP contribution in [0.1, 0.15) is 59.8 Å². The van der Waals surface area contributed by atoms with E-state index in [1.165, 1.54) is 19.3 Å². The molecule has 0 saturated heterocycles. The molecule has 21 heavy (non-hydrogen) atoms.